The Hall–Kier alpha value is -1.47. The first-order chi connectivity index (χ1) is 8.20. The lowest BCUT2D eigenvalue weighted by molar-refractivity contribution is 0.478. The summed E-state index contributed by atoms with van der Waals surface area (Å²) in [5.74, 6) is 2.14. The molecule has 0 amide bonds. The molecule has 0 heterocycles. The quantitative estimate of drug-likeness (QED) is 0.705. The van der Waals surface area contributed by atoms with Crippen molar-refractivity contribution in [2.45, 2.75) is 19.7 Å². The zero-order valence-corrected chi connectivity index (χ0v) is 10.8. The van der Waals surface area contributed by atoms with Gasteiger partial charge in [-0.25, -0.2) is 0 Å². The van der Waals surface area contributed by atoms with Crippen LogP contribution < -0.4 is 4.74 Å². The van der Waals surface area contributed by atoms with E-state index >= 15 is 0 Å². The number of alkyl halides is 1. The van der Waals surface area contributed by atoms with E-state index in [1.54, 1.807) is 0 Å². The minimum Gasteiger partial charge on any atom is -0.457 e. The van der Waals surface area contributed by atoms with Crippen LogP contribution in [0.15, 0.2) is 42.5 Å². The number of halogens is 1. The van der Waals surface area contributed by atoms with Crippen molar-refractivity contribution >= 4 is 11.6 Å². The van der Waals surface area contributed by atoms with Crippen molar-refractivity contribution in [2.75, 3.05) is 0 Å². The van der Waals surface area contributed by atoms with Crippen molar-refractivity contribution in [1.82, 2.24) is 0 Å². The third kappa shape index (κ3) is 2.80. The molecule has 2 heteroatoms. The van der Waals surface area contributed by atoms with E-state index in [-0.39, 0.29) is 0 Å². The summed E-state index contributed by atoms with van der Waals surface area (Å²) in [6.45, 7) is 4.17. The van der Waals surface area contributed by atoms with Crippen LogP contribution in [0.2, 0.25) is 0 Å². The van der Waals surface area contributed by atoms with Gasteiger partial charge in [-0.3, -0.25) is 0 Å². The second-order valence-corrected chi connectivity index (χ2v) is 4.36. The predicted octanol–water partition coefficient (Wildman–Crippen LogP) is 4.83. The number of hydrogen-bond donors (Lipinski definition) is 0. The number of aryl methyl sites for hydroxylation is 2. The third-order valence-corrected chi connectivity index (χ3v) is 3.11. The fourth-order valence-corrected chi connectivity index (χ4v) is 1.84. The second-order valence-electron chi connectivity index (χ2n) is 4.09. The fourth-order valence-electron chi connectivity index (χ4n) is 1.62. The van der Waals surface area contributed by atoms with Crippen LogP contribution in [0.4, 0.5) is 0 Å². The Morgan fingerprint density at radius 1 is 1.00 bits per heavy atom. The molecule has 88 valence electrons. The highest BCUT2D eigenvalue weighted by atomic mass is 35.5. The maximum absolute atomic E-state index is 5.87. The molecule has 0 N–H and O–H groups in total. The second kappa shape index (κ2) is 5.24. The summed E-state index contributed by atoms with van der Waals surface area (Å²) < 4.78 is 5.85. The first kappa shape index (κ1) is 12.0. The van der Waals surface area contributed by atoms with Crippen LogP contribution in [-0.2, 0) is 5.88 Å². The molecule has 1 nitrogen and oxygen atoms in total. The number of para-hydroxylation sites is 1. The minimum absolute atomic E-state index is 0.459. The van der Waals surface area contributed by atoms with Gasteiger partial charge in [0, 0.05) is 5.56 Å². The fraction of sp³-hybridized carbons (Fsp3) is 0.200. The van der Waals surface area contributed by atoms with Crippen LogP contribution in [0.1, 0.15) is 16.7 Å². The van der Waals surface area contributed by atoms with E-state index in [0.29, 0.717) is 5.88 Å². The van der Waals surface area contributed by atoms with Crippen LogP contribution in [0.25, 0.3) is 0 Å². The Kier molecular flexibility index (Phi) is 3.70. The van der Waals surface area contributed by atoms with Crippen molar-refractivity contribution in [3.05, 3.63) is 59.2 Å². The molecule has 0 aliphatic rings. The summed E-state index contributed by atoms with van der Waals surface area (Å²) in [4.78, 5) is 0. The lowest BCUT2D eigenvalue weighted by Crippen LogP contribution is -1.90. The Morgan fingerprint density at radius 3 is 2.47 bits per heavy atom. The molecule has 2 rings (SSSR count). The predicted molar refractivity (Wildman–Crippen MR) is 72.0 cm³/mol. The maximum Gasteiger partial charge on any atom is 0.131 e. The van der Waals surface area contributed by atoms with Crippen molar-refractivity contribution in [2.24, 2.45) is 0 Å². The maximum atomic E-state index is 5.87. The van der Waals surface area contributed by atoms with Gasteiger partial charge in [0.2, 0.25) is 0 Å². The smallest absolute Gasteiger partial charge is 0.131 e. The zero-order valence-electron chi connectivity index (χ0n) is 10.0. The van der Waals surface area contributed by atoms with E-state index < -0.39 is 0 Å². The summed E-state index contributed by atoms with van der Waals surface area (Å²) in [6, 6.07) is 13.9. The minimum atomic E-state index is 0.459. The molecular weight excluding hydrogens is 232 g/mol. The number of hydrogen-bond acceptors (Lipinski definition) is 1. The zero-order chi connectivity index (χ0) is 12.3. The summed E-state index contributed by atoms with van der Waals surface area (Å²) in [6.07, 6.45) is 0. The van der Waals surface area contributed by atoms with Crippen LogP contribution in [0.5, 0.6) is 11.5 Å². The van der Waals surface area contributed by atoms with Gasteiger partial charge in [-0.1, -0.05) is 24.3 Å². The van der Waals surface area contributed by atoms with E-state index in [2.05, 4.69) is 19.9 Å². The summed E-state index contributed by atoms with van der Waals surface area (Å²) >= 11 is 5.87. The number of benzene rings is 2. The van der Waals surface area contributed by atoms with Gasteiger partial charge in [0.15, 0.2) is 0 Å². The van der Waals surface area contributed by atoms with Gasteiger partial charge in [0.25, 0.3) is 0 Å². The lowest BCUT2D eigenvalue weighted by atomic mass is 10.1. The SMILES string of the molecule is Cc1ccc(Oc2ccccc2CCl)cc1C. The van der Waals surface area contributed by atoms with Crippen LogP contribution in [-0.4, -0.2) is 0 Å². The monoisotopic (exact) mass is 246 g/mol. The van der Waals surface area contributed by atoms with Gasteiger partial charge in [0.05, 0.1) is 5.88 Å². The molecular formula is C15H15ClO. The molecule has 0 unspecified atom stereocenters. The van der Waals surface area contributed by atoms with E-state index in [1.165, 1.54) is 11.1 Å². The molecule has 0 fully saturated rings. The van der Waals surface area contributed by atoms with Crippen molar-refractivity contribution in [3.63, 3.8) is 0 Å². The largest absolute Gasteiger partial charge is 0.457 e. The summed E-state index contributed by atoms with van der Waals surface area (Å²) in [5, 5.41) is 0. The Bertz CT molecular complexity index is 520. The van der Waals surface area contributed by atoms with Crippen LogP contribution >= 0.6 is 11.6 Å². The van der Waals surface area contributed by atoms with Gasteiger partial charge >= 0.3 is 0 Å². The summed E-state index contributed by atoms with van der Waals surface area (Å²) in [7, 11) is 0. The van der Waals surface area contributed by atoms with E-state index in [0.717, 1.165) is 17.1 Å². The normalized spacial score (nSPS) is 10.3. The molecule has 0 radical (unpaired) electrons. The van der Waals surface area contributed by atoms with Crippen LogP contribution in [0, 0.1) is 13.8 Å². The average molecular weight is 247 g/mol. The Labute approximate surface area is 107 Å². The molecule has 0 saturated heterocycles. The van der Waals surface area contributed by atoms with Gasteiger partial charge in [-0.15, -0.1) is 11.6 Å². The first-order valence-electron chi connectivity index (χ1n) is 5.59. The molecule has 0 spiro atoms. The highest BCUT2D eigenvalue weighted by Crippen LogP contribution is 2.27. The summed E-state index contributed by atoms with van der Waals surface area (Å²) in [5.41, 5.74) is 3.50. The standard InChI is InChI=1S/C15H15ClO/c1-11-7-8-14(9-12(11)2)17-15-6-4-3-5-13(15)10-16/h3-9H,10H2,1-2H3. The van der Waals surface area contributed by atoms with Gasteiger partial charge in [0.1, 0.15) is 11.5 Å². The average Bonchev–Trinajstić information content (AvgIpc) is 2.34. The van der Waals surface area contributed by atoms with Gasteiger partial charge < -0.3 is 4.74 Å². The molecule has 17 heavy (non-hydrogen) atoms. The molecule has 2 aromatic rings. The van der Waals surface area contributed by atoms with Crippen molar-refractivity contribution in [1.29, 1.82) is 0 Å². The van der Waals surface area contributed by atoms with Crippen LogP contribution in [0.3, 0.4) is 0 Å². The Balaban J connectivity index is 2.28. The molecule has 0 bridgehead atoms. The molecule has 0 atom stereocenters. The van der Waals surface area contributed by atoms with Gasteiger partial charge in [-0.05, 0) is 43.2 Å². The topological polar surface area (TPSA) is 9.23 Å². The highest BCUT2D eigenvalue weighted by molar-refractivity contribution is 6.17. The molecule has 0 aliphatic heterocycles. The van der Waals surface area contributed by atoms with Crippen molar-refractivity contribution in [3.8, 4) is 11.5 Å². The molecule has 0 aliphatic carbocycles. The van der Waals surface area contributed by atoms with Gasteiger partial charge in [-0.2, -0.15) is 0 Å². The van der Waals surface area contributed by atoms with E-state index in [4.69, 9.17) is 16.3 Å². The molecule has 0 saturated carbocycles. The lowest BCUT2D eigenvalue weighted by Gasteiger charge is -2.10. The first-order valence-corrected chi connectivity index (χ1v) is 6.13. The molecule has 2 aromatic carbocycles. The number of rotatable bonds is 3. The third-order valence-electron chi connectivity index (χ3n) is 2.82. The highest BCUT2D eigenvalue weighted by Gasteiger charge is 2.03. The number of ether oxygens (including phenoxy) is 1. The van der Waals surface area contributed by atoms with E-state index in [1.807, 2.05) is 36.4 Å². The Morgan fingerprint density at radius 2 is 1.76 bits per heavy atom. The van der Waals surface area contributed by atoms with Crippen molar-refractivity contribution < 1.29 is 4.74 Å². The molecule has 0 aromatic heterocycles. The van der Waals surface area contributed by atoms with E-state index in [9.17, 15) is 0 Å².